The molecular weight excluding hydrogens is 268 g/mol. The summed E-state index contributed by atoms with van der Waals surface area (Å²) < 4.78 is 0. The van der Waals surface area contributed by atoms with Crippen LogP contribution >= 0.6 is 0 Å². The fourth-order valence-corrected chi connectivity index (χ4v) is 2.70. The third-order valence-electron chi connectivity index (χ3n) is 4.01. The van der Waals surface area contributed by atoms with Crippen molar-refractivity contribution in [2.75, 3.05) is 25.0 Å². The number of para-hydroxylation sites is 1. The molecule has 1 amide bonds. The molecule has 1 aromatic carbocycles. The summed E-state index contributed by atoms with van der Waals surface area (Å²) >= 11 is 0. The van der Waals surface area contributed by atoms with Gasteiger partial charge in [-0.1, -0.05) is 25.1 Å². The number of carboxylic acids is 1. The Labute approximate surface area is 125 Å². The molecule has 1 aromatic rings. The second kappa shape index (κ2) is 6.61. The van der Waals surface area contributed by atoms with E-state index >= 15 is 0 Å². The van der Waals surface area contributed by atoms with Gasteiger partial charge in [0.15, 0.2) is 0 Å². The van der Waals surface area contributed by atoms with E-state index in [-0.39, 0.29) is 18.4 Å². The SMILES string of the molecule is CCN(CC(C)C(=O)O)C(=O)CC1CNc2ccccc21. The standard InChI is InChI=1S/C16H22N2O3/c1-3-18(10-11(2)16(20)21)15(19)8-12-9-17-14-7-5-4-6-13(12)14/h4-7,11-12,17H,3,8-10H2,1-2H3,(H,20,21). The van der Waals surface area contributed by atoms with Crippen LogP contribution in [0.2, 0.25) is 0 Å². The summed E-state index contributed by atoms with van der Waals surface area (Å²) in [4.78, 5) is 25.0. The highest BCUT2D eigenvalue weighted by atomic mass is 16.4. The lowest BCUT2D eigenvalue weighted by atomic mass is 9.97. The Bertz CT molecular complexity index is 530. The molecule has 0 bridgehead atoms. The van der Waals surface area contributed by atoms with Gasteiger partial charge < -0.3 is 15.3 Å². The van der Waals surface area contributed by atoms with Gasteiger partial charge in [-0.05, 0) is 18.6 Å². The number of carbonyl (C=O) groups excluding carboxylic acids is 1. The Morgan fingerprint density at radius 3 is 2.81 bits per heavy atom. The van der Waals surface area contributed by atoms with E-state index in [1.165, 1.54) is 5.56 Å². The minimum absolute atomic E-state index is 0.0223. The monoisotopic (exact) mass is 290 g/mol. The average molecular weight is 290 g/mol. The second-order valence-electron chi connectivity index (χ2n) is 5.54. The van der Waals surface area contributed by atoms with Gasteiger partial charge in [-0.25, -0.2) is 0 Å². The number of hydrogen-bond acceptors (Lipinski definition) is 3. The van der Waals surface area contributed by atoms with E-state index in [2.05, 4.69) is 5.32 Å². The lowest BCUT2D eigenvalue weighted by molar-refractivity contribution is -0.143. The maximum absolute atomic E-state index is 12.4. The summed E-state index contributed by atoms with van der Waals surface area (Å²) in [5, 5.41) is 12.3. The number of amides is 1. The van der Waals surface area contributed by atoms with Gasteiger partial charge in [-0.15, -0.1) is 0 Å². The Morgan fingerprint density at radius 1 is 1.43 bits per heavy atom. The van der Waals surface area contributed by atoms with Crippen LogP contribution in [0.4, 0.5) is 5.69 Å². The molecule has 5 nitrogen and oxygen atoms in total. The van der Waals surface area contributed by atoms with E-state index in [0.29, 0.717) is 13.0 Å². The number of carboxylic acid groups (broad SMARTS) is 1. The molecule has 0 aliphatic carbocycles. The van der Waals surface area contributed by atoms with Crippen LogP contribution in [0.15, 0.2) is 24.3 Å². The van der Waals surface area contributed by atoms with Crippen molar-refractivity contribution < 1.29 is 14.7 Å². The number of nitrogens with one attached hydrogen (secondary N) is 1. The molecule has 2 rings (SSSR count). The Hall–Kier alpha value is -2.04. The minimum atomic E-state index is -0.867. The molecule has 5 heteroatoms. The number of anilines is 1. The van der Waals surface area contributed by atoms with E-state index < -0.39 is 11.9 Å². The molecule has 0 radical (unpaired) electrons. The molecule has 2 N–H and O–H groups in total. The third-order valence-corrected chi connectivity index (χ3v) is 4.01. The largest absolute Gasteiger partial charge is 0.481 e. The first-order chi connectivity index (χ1) is 10.0. The first-order valence-corrected chi connectivity index (χ1v) is 7.36. The number of aliphatic carboxylic acids is 1. The number of nitrogens with zero attached hydrogens (tertiary/aromatic N) is 1. The lowest BCUT2D eigenvalue weighted by Crippen LogP contribution is -2.37. The van der Waals surface area contributed by atoms with E-state index in [1.54, 1.807) is 11.8 Å². The van der Waals surface area contributed by atoms with Gasteiger partial charge >= 0.3 is 5.97 Å². The van der Waals surface area contributed by atoms with Crippen LogP contribution in [-0.4, -0.2) is 41.5 Å². The van der Waals surface area contributed by atoms with E-state index in [9.17, 15) is 9.59 Å². The van der Waals surface area contributed by atoms with Crippen LogP contribution in [0.3, 0.4) is 0 Å². The van der Waals surface area contributed by atoms with Gasteiger partial charge in [-0.2, -0.15) is 0 Å². The molecule has 0 aromatic heterocycles. The fourth-order valence-electron chi connectivity index (χ4n) is 2.70. The van der Waals surface area contributed by atoms with Crippen LogP contribution in [0.1, 0.15) is 31.7 Å². The summed E-state index contributed by atoms with van der Waals surface area (Å²) in [5.41, 5.74) is 2.27. The highest BCUT2D eigenvalue weighted by molar-refractivity contribution is 5.79. The predicted octanol–water partition coefficient (Wildman–Crippen LogP) is 2.15. The first kappa shape index (κ1) is 15.4. The predicted molar refractivity (Wildman–Crippen MR) is 81.3 cm³/mol. The van der Waals surface area contributed by atoms with Crippen LogP contribution < -0.4 is 5.32 Å². The summed E-state index contributed by atoms with van der Waals surface area (Å²) in [6.07, 6.45) is 0.421. The third kappa shape index (κ3) is 3.54. The van der Waals surface area contributed by atoms with Crippen LogP contribution in [0, 0.1) is 5.92 Å². The molecule has 2 atom stereocenters. The maximum Gasteiger partial charge on any atom is 0.308 e. The normalized spacial score (nSPS) is 17.7. The van der Waals surface area contributed by atoms with E-state index in [0.717, 1.165) is 12.2 Å². The first-order valence-electron chi connectivity index (χ1n) is 7.36. The van der Waals surface area contributed by atoms with Crippen molar-refractivity contribution in [2.45, 2.75) is 26.2 Å². The van der Waals surface area contributed by atoms with Crippen LogP contribution in [-0.2, 0) is 9.59 Å². The van der Waals surface area contributed by atoms with Crippen molar-refractivity contribution in [3.05, 3.63) is 29.8 Å². The maximum atomic E-state index is 12.4. The van der Waals surface area contributed by atoms with E-state index in [1.807, 2.05) is 31.2 Å². The van der Waals surface area contributed by atoms with Gasteiger partial charge in [0.05, 0.1) is 5.92 Å². The number of carbonyl (C=O) groups is 2. The molecule has 0 fully saturated rings. The van der Waals surface area contributed by atoms with Crippen molar-refractivity contribution in [2.24, 2.45) is 5.92 Å². The molecule has 1 aliphatic heterocycles. The molecule has 2 unspecified atom stereocenters. The summed E-state index contributed by atoms with van der Waals surface area (Å²) in [5.74, 6) is -1.21. The van der Waals surface area contributed by atoms with Crippen molar-refractivity contribution in [1.29, 1.82) is 0 Å². The van der Waals surface area contributed by atoms with Gasteiger partial charge in [-0.3, -0.25) is 9.59 Å². The molecule has 1 heterocycles. The van der Waals surface area contributed by atoms with Crippen molar-refractivity contribution in [1.82, 2.24) is 4.90 Å². The zero-order valence-corrected chi connectivity index (χ0v) is 12.5. The average Bonchev–Trinajstić information content (AvgIpc) is 2.87. The number of hydrogen-bond donors (Lipinski definition) is 2. The topological polar surface area (TPSA) is 69.6 Å². The van der Waals surface area contributed by atoms with Gasteiger partial charge in [0.1, 0.15) is 0 Å². The smallest absolute Gasteiger partial charge is 0.308 e. The van der Waals surface area contributed by atoms with Crippen LogP contribution in [0.5, 0.6) is 0 Å². The highest BCUT2D eigenvalue weighted by Crippen LogP contribution is 2.33. The number of benzene rings is 1. The molecule has 0 saturated heterocycles. The molecular formula is C16H22N2O3. The summed E-state index contributed by atoms with van der Waals surface area (Å²) in [6.45, 7) is 5.08. The fraction of sp³-hybridized carbons (Fsp3) is 0.500. The minimum Gasteiger partial charge on any atom is -0.481 e. The number of fused-ring (bicyclic) bond motifs is 1. The Balaban J connectivity index is 1.99. The zero-order chi connectivity index (χ0) is 15.4. The Morgan fingerprint density at radius 2 is 2.14 bits per heavy atom. The van der Waals surface area contributed by atoms with Gasteiger partial charge in [0.2, 0.25) is 5.91 Å². The summed E-state index contributed by atoms with van der Waals surface area (Å²) in [6, 6.07) is 8.02. The van der Waals surface area contributed by atoms with Crippen molar-refractivity contribution in [3.8, 4) is 0 Å². The Kier molecular flexibility index (Phi) is 4.83. The molecule has 0 saturated carbocycles. The van der Waals surface area contributed by atoms with Crippen molar-refractivity contribution >= 4 is 17.6 Å². The quantitative estimate of drug-likeness (QED) is 0.842. The molecule has 21 heavy (non-hydrogen) atoms. The van der Waals surface area contributed by atoms with Gasteiger partial charge in [0.25, 0.3) is 0 Å². The molecule has 114 valence electrons. The van der Waals surface area contributed by atoms with Gasteiger partial charge in [0, 0.05) is 37.7 Å². The highest BCUT2D eigenvalue weighted by Gasteiger charge is 2.27. The molecule has 1 aliphatic rings. The molecule has 0 spiro atoms. The number of rotatable bonds is 6. The van der Waals surface area contributed by atoms with Crippen LogP contribution in [0.25, 0.3) is 0 Å². The lowest BCUT2D eigenvalue weighted by Gasteiger charge is -2.24. The zero-order valence-electron chi connectivity index (χ0n) is 12.5. The van der Waals surface area contributed by atoms with E-state index in [4.69, 9.17) is 5.11 Å². The van der Waals surface area contributed by atoms with Crippen molar-refractivity contribution in [3.63, 3.8) is 0 Å². The second-order valence-corrected chi connectivity index (χ2v) is 5.54. The summed E-state index contributed by atoms with van der Waals surface area (Å²) in [7, 11) is 0.